The Labute approximate surface area is 139 Å². The van der Waals surface area contributed by atoms with Crippen LogP contribution in [0.15, 0.2) is 23.0 Å². The number of aromatic nitrogens is 4. The van der Waals surface area contributed by atoms with E-state index in [9.17, 15) is 9.59 Å². The molecule has 1 aliphatic heterocycles. The van der Waals surface area contributed by atoms with E-state index >= 15 is 0 Å². The van der Waals surface area contributed by atoms with Crippen molar-refractivity contribution in [2.24, 2.45) is 5.92 Å². The summed E-state index contributed by atoms with van der Waals surface area (Å²) in [6, 6.07) is 5.27. The molecule has 0 atom stereocenters. The standard InChI is InChI=1S/C16H20N6O2/c1-10-3-4-13(21-20-10)22-7-5-12(6-8-22)15(24)19-16-17-11(2)9-14(23)18-16/h3-4,9,12H,5-8H2,1-2H3,(H2,17,18,19,23,24). The number of hydrogen-bond donors (Lipinski definition) is 2. The van der Waals surface area contributed by atoms with Crippen molar-refractivity contribution >= 4 is 17.7 Å². The molecule has 126 valence electrons. The van der Waals surface area contributed by atoms with Crippen LogP contribution >= 0.6 is 0 Å². The Hall–Kier alpha value is -2.77. The average molecular weight is 328 g/mol. The number of nitrogens with one attached hydrogen (secondary N) is 2. The van der Waals surface area contributed by atoms with Crippen LogP contribution in [0.25, 0.3) is 0 Å². The minimum Gasteiger partial charge on any atom is -0.355 e. The predicted molar refractivity (Wildman–Crippen MR) is 89.9 cm³/mol. The van der Waals surface area contributed by atoms with Gasteiger partial charge in [-0.15, -0.1) is 5.10 Å². The number of H-pyrrole nitrogens is 1. The van der Waals surface area contributed by atoms with Gasteiger partial charge in [0, 0.05) is 30.8 Å². The minimum absolute atomic E-state index is 0.106. The van der Waals surface area contributed by atoms with Crippen LogP contribution < -0.4 is 15.8 Å². The van der Waals surface area contributed by atoms with Crippen LogP contribution in [0.5, 0.6) is 0 Å². The molecule has 2 aromatic rings. The monoisotopic (exact) mass is 328 g/mol. The number of amides is 1. The van der Waals surface area contributed by atoms with E-state index in [2.05, 4.69) is 30.4 Å². The summed E-state index contributed by atoms with van der Waals surface area (Å²) >= 11 is 0. The van der Waals surface area contributed by atoms with Crippen molar-refractivity contribution in [3.8, 4) is 0 Å². The second kappa shape index (κ2) is 6.77. The Bertz CT molecular complexity index is 778. The summed E-state index contributed by atoms with van der Waals surface area (Å²) < 4.78 is 0. The number of nitrogens with zero attached hydrogens (tertiary/aromatic N) is 4. The minimum atomic E-state index is -0.273. The van der Waals surface area contributed by atoms with E-state index in [0.717, 1.165) is 37.4 Å². The highest BCUT2D eigenvalue weighted by molar-refractivity contribution is 5.91. The summed E-state index contributed by atoms with van der Waals surface area (Å²) in [4.78, 5) is 32.6. The van der Waals surface area contributed by atoms with E-state index in [1.165, 1.54) is 6.07 Å². The molecule has 2 aromatic heterocycles. The lowest BCUT2D eigenvalue weighted by atomic mass is 9.96. The fraction of sp³-hybridized carbons (Fsp3) is 0.438. The van der Waals surface area contributed by atoms with Crippen molar-refractivity contribution in [2.75, 3.05) is 23.3 Å². The molecule has 0 unspecified atom stereocenters. The molecule has 0 aromatic carbocycles. The Morgan fingerprint density at radius 1 is 1.21 bits per heavy atom. The second-order valence-electron chi connectivity index (χ2n) is 6.02. The van der Waals surface area contributed by atoms with Crippen LogP contribution in [0, 0.1) is 19.8 Å². The van der Waals surface area contributed by atoms with Crippen molar-refractivity contribution in [2.45, 2.75) is 26.7 Å². The molecule has 0 spiro atoms. The molecule has 1 fully saturated rings. The lowest BCUT2D eigenvalue weighted by Crippen LogP contribution is -2.39. The zero-order valence-corrected chi connectivity index (χ0v) is 13.7. The number of carbonyl (C=O) groups is 1. The van der Waals surface area contributed by atoms with E-state index in [-0.39, 0.29) is 23.3 Å². The molecule has 1 saturated heterocycles. The number of piperidine rings is 1. The Kier molecular flexibility index (Phi) is 4.54. The molecule has 3 rings (SSSR count). The molecule has 1 amide bonds. The average Bonchev–Trinajstić information content (AvgIpc) is 2.55. The maximum absolute atomic E-state index is 12.4. The Balaban J connectivity index is 1.58. The fourth-order valence-corrected chi connectivity index (χ4v) is 2.79. The number of hydrogen-bond acceptors (Lipinski definition) is 6. The highest BCUT2D eigenvalue weighted by Gasteiger charge is 2.26. The van der Waals surface area contributed by atoms with Gasteiger partial charge in [-0.1, -0.05) is 0 Å². The third kappa shape index (κ3) is 3.76. The summed E-state index contributed by atoms with van der Waals surface area (Å²) in [7, 11) is 0. The first kappa shape index (κ1) is 16.1. The first-order valence-corrected chi connectivity index (χ1v) is 7.95. The molecule has 2 N–H and O–H groups in total. The van der Waals surface area contributed by atoms with Gasteiger partial charge in [0.05, 0.1) is 5.69 Å². The third-order valence-corrected chi connectivity index (χ3v) is 4.08. The van der Waals surface area contributed by atoms with Crippen molar-refractivity contribution in [3.05, 3.63) is 39.9 Å². The van der Waals surface area contributed by atoms with Gasteiger partial charge in [-0.25, -0.2) is 4.98 Å². The molecule has 0 bridgehead atoms. The summed E-state index contributed by atoms with van der Waals surface area (Å²) in [5, 5.41) is 11.0. The van der Waals surface area contributed by atoms with Crippen molar-refractivity contribution < 1.29 is 4.79 Å². The SMILES string of the molecule is Cc1ccc(N2CCC(C(=O)Nc3nc(C)cc(=O)[nH]3)CC2)nn1. The molecule has 0 radical (unpaired) electrons. The van der Waals surface area contributed by atoms with E-state index < -0.39 is 0 Å². The lowest BCUT2D eigenvalue weighted by Gasteiger charge is -2.31. The topological polar surface area (TPSA) is 104 Å². The molecule has 8 heteroatoms. The number of aryl methyl sites for hydroxylation is 2. The maximum atomic E-state index is 12.4. The van der Waals surface area contributed by atoms with Crippen LogP contribution in [0.2, 0.25) is 0 Å². The van der Waals surface area contributed by atoms with Gasteiger partial charge in [-0.2, -0.15) is 5.10 Å². The highest BCUT2D eigenvalue weighted by atomic mass is 16.2. The summed E-state index contributed by atoms with van der Waals surface area (Å²) in [5.41, 5.74) is 1.18. The van der Waals surface area contributed by atoms with E-state index in [0.29, 0.717) is 5.69 Å². The van der Waals surface area contributed by atoms with Crippen molar-refractivity contribution in [1.82, 2.24) is 20.2 Å². The second-order valence-corrected chi connectivity index (χ2v) is 6.02. The molecule has 3 heterocycles. The number of carbonyl (C=O) groups excluding carboxylic acids is 1. The molecule has 0 aliphatic carbocycles. The largest absolute Gasteiger partial charge is 0.355 e. The quantitative estimate of drug-likeness (QED) is 0.872. The van der Waals surface area contributed by atoms with Gasteiger partial charge in [-0.05, 0) is 38.8 Å². The Morgan fingerprint density at radius 2 is 1.96 bits per heavy atom. The van der Waals surface area contributed by atoms with E-state index in [1.54, 1.807) is 6.92 Å². The molecular formula is C16H20N6O2. The van der Waals surface area contributed by atoms with E-state index in [1.807, 2.05) is 19.1 Å². The van der Waals surface area contributed by atoms with Gasteiger partial charge >= 0.3 is 0 Å². The molecule has 0 saturated carbocycles. The van der Waals surface area contributed by atoms with Crippen LogP contribution in [0.4, 0.5) is 11.8 Å². The van der Waals surface area contributed by atoms with E-state index in [4.69, 9.17) is 0 Å². The van der Waals surface area contributed by atoms with Gasteiger partial charge in [0.1, 0.15) is 0 Å². The Morgan fingerprint density at radius 3 is 2.58 bits per heavy atom. The summed E-state index contributed by atoms with van der Waals surface area (Å²) in [5.74, 6) is 0.824. The number of rotatable bonds is 3. The molecule has 24 heavy (non-hydrogen) atoms. The highest BCUT2D eigenvalue weighted by Crippen LogP contribution is 2.22. The smallest absolute Gasteiger partial charge is 0.252 e. The van der Waals surface area contributed by atoms with Gasteiger partial charge in [0.2, 0.25) is 11.9 Å². The first-order valence-electron chi connectivity index (χ1n) is 7.95. The summed E-state index contributed by atoms with van der Waals surface area (Å²) in [6.45, 7) is 5.10. The van der Waals surface area contributed by atoms with Crippen LogP contribution in [-0.4, -0.2) is 39.2 Å². The van der Waals surface area contributed by atoms with Gasteiger partial charge < -0.3 is 4.90 Å². The maximum Gasteiger partial charge on any atom is 0.252 e. The zero-order valence-electron chi connectivity index (χ0n) is 13.7. The van der Waals surface area contributed by atoms with Crippen LogP contribution in [0.1, 0.15) is 24.2 Å². The molecule has 1 aliphatic rings. The molecule has 8 nitrogen and oxygen atoms in total. The third-order valence-electron chi connectivity index (χ3n) is 4.08. The van der Waals surface area contributed by atoms with Crippen molar-refractivity contribution in [1.29, 1.82) is 0 Å². The van der Waals surface area contributed by atoms with Gasteiger partial charge in [-0.3, -0.25) is 19.9 Å². The van der Waals surface area contributed by atoms with Gasteiger partial charge in [0.25, 0.3) is 5.56 Å². The predicted octanol–water partition coefficient (Wildman–Crippen LogP) is 1.03. The first-order chi connectivity index (χ1) is 11.5. The fourth-order valence-electron chi connectivity index (χ4n) is 2.79. The van der Waals surface area contributed by atoms with Gasteiger partial charge in [0.15, 0.2) is 5.82 Å². The van der Waals surface area contributed by atoms with Crippen LogP contribution in [0.3, 0.4) is 0 Å². The zero-order chi connectivity index (χ0) is 17.1. The number of anilines is 2. The normalized spacial score (nSPS) is 15.3. The molecular weight excluding hydrogens is 308 g/mol. The van der Waals surface area contributed by atoms with Crippen LogP contribution in [-0.2, 0) is 4.79 Å². The lowest BCUT2D eigenvalue weighted by molar-refractivity contribution is -0.120. The van der Waals surface area contributed by atoms with Crippen molar-refractivity contribution in [3.63, 3.8) is 0 Å². The summed E-state index contributed by atoms with van der Waals surface area (Å²) in [6.07, 6.45) is 1.44. The number of aromatic amines is 1.